The number of carbonyl (C=O) groups is 2. The number of rotatable bonds is 6. The molecule has 1 aliphatic rings. The molecule has 0 spiro atoms. The molecule has 0 aliphatic carbocycles. The van der Waals surface area contributed by atoms with Gasteiger partial charge in [-0.3, -0.25) is 9.59 Å². The van der Waals surface area contributed by atoms with E-state index >= 15 is 0 Å². The minimum Gasteiger partial charge on any atom is -0.311 e. The largest absolute Gasteiger partial charge is 0.311 e. The van der Waals surface area contributed by atoms with E-state index in [2.05, 4.69) is 21.6 Å². The van der Waals surface area contributed by atoms with Gasteiger partial charge in [0.25, 0.3) is 0 Å². The molecule has 2 heterocycles. The highest BCUT2D eigenvalue weighted by atomic mass is 32.2. The van der Waals surface area contributed by atoms with Crippen molar-refractivity contribution in [3.8, 4) is 0 Å². The Morgan fingerprint density at radius 1 is 1.00 bits per heavy atom. The minimum absolute atomic E-state index is 0.0592. The molecule has 0 atom stereocenters. The maximum Gasteiger partial charge on any atom is 0.237 e. The van der Waals surface area contributed by atoms with Crippen LogP contribution in [0.3, 0.4) is 0 Å². The third-order valence-electron chi connectivity index (χ3n) is 5.61. The molecule has 166 valence electrons. The van der Waals surface area contributed by atoms with Crippen LogP contribution in [0.5, 0.6) is 0 Å². The lowest BCUT2D eigenvalue weighted by molar-refractivity contribution is -0.116. The first kappa shape index (κ1) is 21.6. The minimum atomic E-state index is -0.139. The Morgan fingerprint density at radius 3 is 2.76 bits per heavy atom. The summed E-state index contributed by atoms with van der Waals surface area (Å²) in [5.41, 5.74) is 3.19. The Balaban J connectivity index is 1.18. The van der Waals surface area contributed by atoms with Gasteiger partial charge in [-0.25, -0.2) is 0 Å². The van der Waals surface area contributed by atoms with Crippen LogP contribution in [0.1, 0.15) is 17.5 Å². The first-order valence-corrected chi connectivity index (χ1v) is 12.6. The van der Waals surface area contributed by atoms with Crippen molar-refractivity contribution in [2.24, 2.45) is 0 Å². The van der Waals surface area contributed by atoms with E-state index in [0.717, 1.165) is 41.4 Å². The van der Waals surface area contributed by atoms with Gasteiger partial charge in [-0.2, -0.15) is 0 Å². The van der Waals surface area contributed by atoms with Gasteiger partial charge in [-0.05, 0) is 40.8 Å². The Labute approximate surface area is 200 Å². The van der Waals surface area contributed by atoms with Crippen LogP contribution in [0.4, 0.5) is 10.8 Å². The van der Waals surface area contributed by atoms with Crippen LogP contribution in [0.2, 0.25) is 0 Å². The number of anilines is 2. The highest BCUT2D eigenvalue weighted by Gasteiger charge is 2.22. The Kier molecular flexibility index (Phi) is 6.37. The van der Waals surface area contributed by atoms with Crippen molar-refractivity contribution in [2.45, 2.75) is 23.6 Å². The highest BCUT2D eigenvalue weighted by Crippen LogP contribution is 2.30. The third kappa shape index (κ3) is 4.91. The molecule has 1 aromatic heterocycles. The summed E-state index contributed by atoms with van der Waals surface area (Å²) in [7, 11) is 0. The molecule has 0 radical (unpaired) electrons. The molecule has 2 amide bonds. The molecule has 6 nitrogen and oxygen atoms in total. The van der Waals surface area contributed by atoms with Gasteiger partial charge in [0, 0.05) is 12.2 Å². The normalized spacial score (nSPS) is 13.0. The molecule has 0 saturated heterocycles. The van der Waals surface area contributed by atoms with Crippen molar-refractivity contribution in [1.82, 2.24) is 10.2 Å². The highest BCUT2D eigenvalue weighted by molar-refractivity contribution is 8.01. The quantitative estimate of drug-likeness (QED) is 0.316. The second-order valence-electron chi connectivity index (χ2n) is 7.80. The summed E-state index contributed by atoms with van der Waals surface area (Å²) in [6.07, 6.45) is 2.24. The molecule has 5 rings (SSSR count). The first-order chi connectivity index (χ1) is 16.2. The van der Waals surface area contributed by atoms with E-state index in [1.165, 1.54) is 28.7 Å². The van der Waals surface area contributed by atoms with E-state index in [0.29, 0.717) is 9.47 Å². The molecular weight excluding hydrogens is 452 g/mol. The zero-order valence-corrected chi connectivity index (χ0v) is 19.5. The predicted octanol–water partition coefficient (Wildman–Crippen LogP) is 4.94. The lowest BCUT2D eigenvalue weighted by atomic mass is 10.0. The molecule has 4 aromatic rings. The maximum absolute atomic E-state index is 12.8. The summed E-state index contributed by atoms with van der Waals surface area (Å²) in [5, 5.41) is 13.7. The summed E-state index contributed by atoms with van der Waals surface area (Å²) >= 11 is 2.64. The van der Waals surface area contributed by atoms with Gasteiger partial charge < -0.3 is 10.2 Å². The van der Waals surface area contributed by atoms with Crippen LogP contribution in [-0.4, -0.2) is 34.3 Å². The fourth-order valence-corrected chi connectivity index (χ4v) is 5.74. The number of thioether (sulfide) groups is 1. The summed E-state index contributed by atoms with van der Waals surface area (Å²) in [4.78, 5) is 27.3. The van der Waals surface area contributed by atoms with Crippen LogP contribution >= 0.6 is 23.1 Å². The summed E-state index contributed by atoms with van der Waals surface area (Å²) in [5.74, 6) is 0.205. The smallest absolute Gasteiger partial charge is 0.237 e. The summed E-state index contributed by atoms with van der Waals surface area (Å²) < 4.78 is 0.661. The number of hydrogen-bond donors (Lipinski definition) is 1. The number of aryl methyl sites for hydroxylation is 1. The van der Waals surface area contributed by atoms with E-state index in [1.54, 1.807) is 0 Å². The van der Waals surface area contributed by atoms with E-state index in [4.69, 9.17) is 0 Å². The Bertz CT molecular complexity index is 1320. The van der Waals surface area contributed by atoms with Crippen LogP contribution in [-0.2, 0) is 22.4 Å². The number of nitrogens with zero attached hydrogens (tertiary/aromatic N) is 3. The van der Waals surface area contributed by atoms with Crippen LogP contribution < -0.4 is 10.2 Å². The third-order valence-corrected chi connectivity index (χ3v) is 7.57. The zero-order chi connectivity index (χ0) is 22.6. The molecule has 33 heavy (non-hydrogen) atoms. The topological polar surface area (TPSA) is 75.2 Å². The van der Waals surface area contributed by atoms with Gasteiger partial charge in [-0.15, -0.1) is 10.2 Å². The first-order valence-electron chi connectivity index (χ1n) is 10.8. The molecular formula is C25H22N4O2S2. The van der Waals surface area contributed by atoms with Gasteiger partial charge in [0.1, 0.15) is 0 Å². The average molecular weight is 475 g/mol. The van der Waals surface area contributed by atoms with Crippen LogP contribution in [0, 0.1) is 0 Å². The van der Waals surface area contributed by atoms with Crippen LogP contribution in [0.15, 0.2) is 71.1 Å². The second kappa shape index (κ2) is 9.72. The van der Waals surface area contributed by atoms with E-state index < -0.39 is 0 Å². The second-order valence-corrected chi connectivity index (χ2v) is 10.0. The SMILES string of the molecule is O=C(Cc1cccc2ccccc12)Nc1nnc(SCC(=O)N2CCCc3ccccc32)s1. The lowest BCUT2D eigenvalue weighted by Gasteiger charge is -2.29. The van der Waals surface area contributed by atoms with Gasteiger partial charge in [0.2, 0.25) is 16.9 Å². The van der Waals surface area contributed by atoms with Crippen molar-refractivity contribution >= 4 is 56.5 Å². The number of benzene rings is 3. The molecule has 3 aromatic carbocycles. The molecule has 0 fully saturated rings. The molecule has 0 bridgehead atoms. The number of para-hydroxylation sites is 1. The Morgan fingerprint density at radius 2 is 1.82 bits per heavy atom. The van der Waals surface area contributed by atoms with Crippen molar-refractivity contribution in [3.05, 3.63) is 77.9 Å². The van der Waals surface area contributed by atoms with Crippen LogP contribution in [0.25, 0.3) is 10.8 Å². The number of nitrogens with one attached hydrogen (secondary N) is 1. The standard InChI is InChI=1S/C25H22N4O2S2/c30-22(15-19-10-5-9-17-7-1-3-12-20(17)19)26-24-27-28-25(33-24)32-16-23(31)29-14-6-11-18-8-2-4-13-21(18)29/h1-5,7-10,12-13H,6,11,14-16H2,(H,26,27,30). The van der Waals surface area contributed by atoms with Gasteiger partial charge in [-0.1, -0.05) is 83.8 Å². The van der Waals surface area contributed by atoms with E-state index in [9.17, 15) is 9.59 Å². The Hall–Kier alpha value is -3.23. The number of hydrogen-bond acceptors (Lipinski definition) is 6. The maximum atomic E-state index is 12.8. The number of aromatic nitrogens is 2. The molecule has 0 unspecified atom stereocenters. The van der Waals surface area contributed by atoms with Gasteiger partial charge in [0.15, 0.2) is 4.34 Å². The predicted molar refractivity (Wildman–Crippen MR) is 134 cm³/mol. The monoisotopic (exact) mass is 474 g/mol. The molecule has 8 heteroatoms. The molecule has 1 aliphatic heterocycles. The van der Waals surface area contributed by atoms with Crippen molar-refractivity contribution < 1.29 is 9.59 Å². The van der Waals surface area contributed by atoms with Crippen molar-refractivity contribution in [2.75, 3.05) is 22.5 Å². The molecule has 1 N–H and O–H groups in total. The fraction of sp³-hybridized carbons (Fsp3) is 0.200. The lowest BCUT2D eigenvalue weighted by Crippen LogP contribution is -2.36. The number of fused-ring (bicyclic) bond motifs is 2. The molecule has 0 saturated carbocycles. The number of carbonyl (C=O) groups excluding carboxylic acids is 2. The van der Waals surface area contributed by atoms with E-state index in [-0.39, 0.29) is 24.0 Å². The average Bonchev–Trinajstić information content (AvgIpc) is 3.29. The summed E-state index contributed by atoms with van der Waals surface area (Å²) in [6.45, 7) is 0.738. The van der Waals surface area contributed by atoms with Gasteiger partial charge in [0.05, 0.1) is 12.2 Å². The van der Waals surface area contributed by atoms with E-state index in [1.807, 2.05) is 65.6 Å². The number of amides is 2. The van der Waals surface area contributed by atoms with Crippen molar-refractivity contribution in [3.63, 3.8) is 0 Å². The van der Waals surface area contributed by atoms with Gasteiger partial charge >= 0.3 is 0 Å². The van der Waals surface area contributed by atoms with Crippen molar-refractivity contribution in [1.29, 1.82) is 0 Å². The fourth-order valence-electron chi connectivity index (χ4n) is 4.10. The summed E-state index contributed by atoms with van der Waals surface area (Å²) in [6, 6.07) is 22.1. The zero-order valence-electron chi connectivity index (χ0n) is 17.9.